The summed E-state index contributed by atoms with van der Waals surface area (Å²) in [5, 5.41) is 5.78. The lowest BCUT2D eigenvalue weighted by atomic mass is 10.2. The van der Waals surface area contributed by atoms with Crippen LogP contribution in [0, 0.1) is 0 Å². The molecule has 0 spiro atoms. The molecule has 0 N–H and O–H groups in total. The van der Waals surface area contributed by atoms with E-state index in [-0.39, 0.29) is 23.3 Å². The Morgan fingerprint density at radius 1 is 1.35 bits per heavy atom. The molecule has 0 unspecified atom stereocenters. The molecule has 0 aliphatic heterocycles. The largest absolute Gasteiger partial charge is 0.496 e. The van der Waals surface area contributed by atoms with Crippen LogP contribution in [0.5, 0.6) is 5.75 Å². The second-order valence-electron chi connectivity index (χ2n) is 5.09. The van der Waals surface area contributed by atoms with Gasteiger partial charge in [0.1, 0.15) is 5.75 Å². The summed E-state index contributed by atoms with van der Waals surface area (Å²) in [6.07, 6.45) is 1.70. The van der Waals surface area contributed by atoms with Gasteiger partial charge in [0.25, 0.3) is 5.89 Å². The van der Waals surface area contributed by atoms with Gasteiger partial charge in [0.15, 0.2) is 22.4 Å². The van der Waals surface area contributed by atoms with Crippen LogP contribution in [-0.4, -0.2) is 32.6 Å². The number of para-hydroxylation sites is 1. The topological polar surface area (TPSA) is 91.8 Å². The van der Waals surface area contributed by atoms with E-state index in [0.29, 0.717) is 22.1 Å². The number of ether oxygens (including phenoxy) is 2. The van der Waals surface area contributed by atoms with Crippen LogP contribution < -0.4 is 4.74 Å². The highest BCUT2D eigenvalue weighted by Gasteiger charge is 2.21. The van der Waals surface area contributed by atoms with E-state index < -0.39 is 5.97 Å². The zero-order valence-corrected chi connectivity index (χ0v) is 15.0. The van der Waals surface area contributed by atoms with Gasteiger partial charge in [-0.3, -0.25) is 4.40 Å². The van der Waals surface area contributed by atoms with Crippen LogP contribution in [0.25, 0.3) is 16.3 Å². The molecule has 0 fully saturated rings. The van der Waals surface area contributed by atoms with E-state index in [4.69, 9.17) is 25.6 Å². The number of halogens is 1. The second kappa shape index (κ2) is 6.77. The zero-order valence-electron chi connectivity index (χ0n) is 13.4. The Morgan fingerprint density at radius 3 is 3.04 bits per heavy atom. The van der Waals surface area contributed by atoms with Gasteiger partial charge in [-0.25, -0.2) is 9.78 Å². The van der Waals surface area contributed by atoms with Crippen molar-refractivity contribution in [2.45, 2.75) is 6.61 Å². The van der Waals surface area contributed by atoms with Gasteiger partial charge in [-0.15, -0.1) is 11.3 Å². The molecule has 3 heterocycles. The highest BCUT2D eigenvalue weighted by molar-refractivity contribution is 7.15. The molecule has 0 saturated heterocycles. The third kappa shape index (κ3) is 2.91. The van der Waals surface area contributed by atoms with Gasteiger partial charge in [0, 0.05) is 11.6 Å². The first-order chi connectivity index (χ1) is 12.7. The van der Waals surface area contributed by atoms with Crippen molar-refractivity contribution in [2.24, 2.45) is 0 Å². The number of imidazole rings is 1. The number of benzene rings is 1. The average molecular weight is 391 g/mol. The summed E-state index contributed by atoms with van der Waals surface area (Å²) in [7, 11) is 1.56. The van der Waals surface area contributed by atoms with Gasteiger partial charge < -0.3 is 14.0 Å². The number of rotatable bonds is 5. The normalized spacial score (nSPS) is 11.0. The molecule has 132 valence electrons. The number of carbonyl (C=O) groups excluding carboxylic acids is 1. The lowest BCUT2D eigenvalue weighted by Crippen LogP contribution is -2.08. The molecule has 0 aliphatic rings. The summed E-state index contributed by atoms with van der Waals surface area (Å²) in [4.78, 5) is 21.2. The SMILES string of the molecule is COc1ccccc1-c1noc(COC(=O)c2c(Cl)nc3sccn23)n1. The fourth-order valence-corrected chi connectivity index (χ4v) is 3.40. The molecule has 0 bridgehead atoms. The van der Waals surface area contributed by atoms with Crippen LogP contribution in [0.2, 0.25) is 5.15 Å². The molecule has 0 radical (unpaired) electrons. The average Bonchev–Trinajstić information content (AvgIpc) is 3.35. The van der Waals surface area contributed by atoms with Gasteiger partial charge in [-0.1, -0.05) is 28.9 Å². The highest BCUT2D eigenvalue weighted by atomic mass is 35.5. The first-order valence-corrected chi connectivity index (χ1v) is 8.67. The number of hydrogen-bond donors (Lipinski definition) is 0. The monoisotopic (exact) mass is 390 g/mol. The maximum Gasteiger partial charge on any atom is 0.359 e. The summed E-state index contributed by atoms with van der Waals surface area (Å²) in [6, 6.07) is 7.27. The number of aromatic nitrogens is 4. The first kappa shape index (κ1) is 16.6. The molecule has 4 rings (SSSR count). The van der Waals surface area contributed by atoms with Crippen LogP contribution in [-0.2, 0) is 11.3 Å². The van der Waals surface area contributed by atoms with Crippen molar-refractivity contribution in [1.82, 2.24) is 19.5 Å². The number of carbonyl (C=O) groups is 1. The number of esters is 1. The molecule has 10 heteroatoms. The Morgan fingerprint density at radius 2 is 2.19 bits per heavy atom. The molecule has 26 heavy (non-hydrogen) atoms. The molecule has 0 aliphatic carbocycles. The minimum absolute atomic E-state index is 0.0853. The fraction of sp³-hybridized carbons (Fsp3) is 0.125. The molecule has 0 amide bonds. The number of methoxy groups -OCH3 is 1. The van der Waals surface area contributed by atoms with E-state index in [1.54, 1.807) is 35.2 Å². The van der Waals surface area contributed by atoms with Crippen LogP contribution >= 0.6 is 22.9 Å². The lowest BCUT2D eigenvalue weighted by Gasteiger charge is -2.03. The standard InChI is InChI=1S/C16H11ClN4O4S/c1-23-10-5-3-2-4-9(10)14-18-11(25-20-14)8-24-15(22)12-13(17)19-16-21(12)6-7-26-16/h2-7H,8H2,1H3. The maximum absolute atomic E-state index is 12.3. The van der Waals surface area contributed by atoms with Crippen molar-refractivity contribution in [2.75, 3.05) is 7.11 Å². The summed E-state index contributed by atoms with van der Waals surface area (Å²) in [5.41, 5.74) is 0.836. The predicted octanol–water partition coefficient (Wildman–Crippen LogP) is 3.46. The molecule has 4 aromatic rings. The third-order valence-corrected chi connectivity index (χ3v) is 4.58. The molecular formula is C16H11ClN4O4S. The summed E-state index contributed by atoms with van der Waals surface area (Å²) >= 11 is 7.38. The summed E-state index contributed by atoms with van der Waals surface area (Å²) < 4.78 is 17.2. The predicted molar refractivity (Wildman–Crippen MR) is 93.5 cm³/mol. The Hall–Kier alpha value is -2.91. The van der Waals surface area contributed by atoms with E-state index in [1.165, 1.54) is 11.3 Å². The molecule has 3 aromatic heterocycles. The summed E-state index contributed by atoms with van der Waals surface area (Å²) in [6.45, 7) is -0.186. The van der Waals surface area contributed by atoms with E-state index in [0.717, 1.165) is 0 Å². The van der Waals surface area contributed by atoms with Crippen molar-refractivity contribution in [3.8, 4) is 17.1 Å². The smallest absolute Gasteiger partial charge is 0.359 e. The molecule has 1 aromatic carbocycles. The first-order valence-electron chi connectivity index (χ1n) is 7.41. The van der Waals surface area contributed by atoms with Gasteiger partial charge in [0.05, 0.1) is 12.7 Å². The molecule has 8 nitrogen and oxygen atoms in total. The quantitative estimate of drug-likeness (QED) is 0.482. The maximum atomic E-state index is 12.3. The van der Waals surface area contributed by atoms with Crippen molar-refractivity contribution in [3.05, 3.63) is 52.6 Å². The van der Waals surface area contributed by atoms with Crippen LogP contribution in [0.1, 0.15) is 16.4 Å². The van der Waals surface area contributed by atoms with E-state index >= 15 is 0 Å². The minimum Gasteiger partial charge on any atom is -0.496 e. The number of nitrogens with zero attached hydrogens (tertiary/aromatic N) is 4. The van der Waals surface area contributed by atoms with Gasteiger partial charge >= 0.3 is 5.97 Å². The van der Waals surface area contributed by atoms with Crippen molar-refractivity contribution in [1.29, 1.82) is 0 Å². The number of fused-ring (bicyclic) bond motifs is 1. The van der Waals surface area contributed by atoms with Crippen LogP contribution in [0.15, 0.2) is 40.4 Å². The van der Waals surface area contributed by atoms with Gasteiger partial charge in [-0.2, -0.15) is 4.98 Å². The van der Waals surface area contributed by atoms with E-state index in [2.05, 4.69) is 15.1 Å². The van der Waals surface area contributed by atoms with Crippen molar-refractivity contribution >= 4 is 33.9 Å². The Kier molecular flexibility index (Phi) is 4.31. The van der Waals surface area contributed by atoms with Gasteiger partial charge in [-0.05, 0) is 12.1 Å². The highest BCUT2D eigenvalue weighted by Crippen LogP contribution is 2.27. The Labute approximate surface area is 155 Å². The van der Waals surface area contributed by atoms with Crippen LogP contribution in [0.4, 0.5) is 0 Å². The third-order valence-electron chi connectivity index (χ3n) is 3.56. The van der Waals surface area contributed by atoms with Crippen LogP contribution in [0.3, 0.4) is 0 Å². The Bertz CT molecular complexity index is 1090. The van der Waals surface area contributed by atoms with E-state index in [9.17, 15) is 4.79 Å². The number of thiazole rings is 1. The van der Waals surface area contributed by atoms with E-state index in [1.807, 2.05) is 12.1 Å². The lowest BCUT2D eigenvalue weighted by molar-refractivity contribution is 0.0422. The zero-order chi connectivity index (χ0) is 18.1. The number of hydrogen-bond acceptors (Lipinski definition) is 8. The van der Waals surface area contributed by atoms with Crippen molar-refractivity contribution < 1.29 is 18.8 Å². The van der Waals surface area contributed by atoms with Crippen molar-refractivity contribution in [3.63, 3.8) is 0 Å². The minimum atomic E-state index is -0.627. The summed E-state index contributed by atoms with van der Waals surface area (Å²) in [5.74, 6) is 0.484. The van der Waals surface area contributed by atoms with Gasteiger partial charge in [0.2, 0.25) is 5.82 Å². The fourth-order valence-electron chi connectivity index (χ4n) is 2.39. The molecule has 0 atom stereocenters. The second-order valence-corrected chi connectivity index (χ2v) is 6.33. The Balaban J connectivity index is 1.51. The molecule has 0 saturated carbocycles. The molecular weight excluding hydrogens is 380 g/mol.